The number of rotatable bonds is 2. The van der Waals surface area contributed by atoms with Gasteiger partial charge in [-0.3, -0.25) is 0 Å². The Kier molecular flexibility index (Phi) is 3.14. The summed E-state index contributed by atoms with van der Waals surface area (Å²) in [5, 5.41) is 4.57. The summed E-state index contributed by atoms with van der Waals surface area (Å²) in [6, 6.07) is 6.09. The van der Waals surface area contributed by atoms with E-state index in [0.29, 0.717) is 29.5 Å². The number of aromatic amines is 1. The normalized spacial score (nSPS) is 16.8. The highest BCUT2D eigenvalue weighted by molar-refractivity contribution is 5.53. The van der Waals surface area contributed by atoms with Gasteiger partial charge in [0.05, 0.1) is 17.7 Å². The number of hydrogen-bond donors (Lipinski definition) is 2. The largest absolute Gasteiger partial charge is 0.384 e. The molecule has 0 fully saturated rings. The van der Waals surface area contributed by atoms with Gasteiger partial charge in [0.1, 0.15) is 23.2 Å². The lowest BCUT2D eigenvalue weighted by Gasteiger charge is -2.33. The fourth-order valence-electron chi connectivity index (χ4n) is 3.43. The van der Waals surface area contributed by atoms with Crippen LogP contribution in [0.15, 0.2) is 43.0 Å². The molecule has 0 radical (unpaired) electrons. The number of H-pyrrole nitrogens is 1. The number of nitrogens with two attached hydrogens (primary N) is 1. The SMILES string of the molecule is Nc1ccnc(N2CCc3[nH]cnc3[C@@H]2c2cc3c(F)cccn3n2)n1. The molecule has 1 aliphatic heterocycles. The first-order valence-electron chi connectivity index (χ1n) is 8.22. The van der Waals surface area contributed by atoms with Crippen LogP contribution in [-0.4, -0.2) is 36.1 Å². The summed E-state index contributed by atoms with van der Waals surface area (Å²) in [4.78, 5) is 18.4. The third-order valence-corrected chi connectivity index (χ3v) is 4.60. The molecule has 26 heavy (non-hydrogen) atoms. The summed E-state index contributed by atoms with van der Waals surface area (Å²) in [7, 11) is 0. The van der Waals surface area contributed by atoms with Gasteiger partial charge >= 0.3 is 0 Å². The highest BCUT2D eigenvalue weighted by Gasteiger charge is 2.34. The zero-order chi connectivity index (χ0) is 17.7. The Balaban J connectivity index is 1.69. The van der Waals surface area contributed by atoms with Gasteiger partial charge in [0.25, 0.3) is 0 Å². The van der Waals surface area contributed by atoms with Crippen LogP contribution in [0.5, 0.6) is 0 Å². The van der Waals surface area contributed by atoms with Gasteiger partial charge in [0.15, 0.2) is 0 Å². The summed E-state index contributed by atoms with van der Waals surface area (Å²) in [6.45, 7) is 0.666. The summed E-state index contributed by atoms with van der Waals surface area (Å²) in [6.07, 6.45) is 5.78. The molecule has 0 aromatic carbocycles. The summed E-state index contributed by atoms with van der Waals surface area (Å²) in [5.74, 6) is 0.569. The maximum atomic E-state index is 14.1. The van der Waals surface area contributed by atoms with Crippen molar-refractivity contribution in [3.05, 3.63) is 65.9 Å². The van der Waals surface area contributed by atoms with Gasteiger partial charge in [-0.05, 0) is 24.3 Å². The van der Waals surface area contributed by atoms with Crippen LogP contribution in [0.3, 0.4) is 0 Å². The fraction of sp³-hybridized carbons (Fsp3) is 0.176. The smallest absolute Gasteiger partial charge is 0.228 e. The van der Waals surface area contributed by atoms with E-state index in [-0.39, 0.29) is 11.9 Å². The van der Waals surface area contributed by atoms with E-state index in [1.807, 2.05) is 4.90 Å². The number of halogens is 1. The minimum atomic E-state index is -0.328. The Morgan fingerprint density at radius 2 is 2.19 bits per heavy atom. The Morgan fingerprint density at radius 1 is 1.27 bits per heavy atom. The molecule has 0 amide bonds. The molecule has 3 N–H and O–H groups in total. The van der Waals surface area contributed by atoms with Crippen molar-refractivity contribution in [2.45, 2.75) is 12.5 Å². The highest BCUT2D eigenvalue weighted by atomic mass is 19.1. The van der Waals surface area contributed by atoms with Crippen molar-refractivity contribution in [3.63, 3.8) is 0 Å². The highest BCUT2D eigenvalue weighted by Crippen LogP contribution is 2.35. The van der Waals surface area contributed by atoms with Gasteiger partial charge in [-0.1, -0.05) is 0 Å². The minimum Gasteiger partial charge on any atom is -0.384 e. The second-order valence-electron chi connectivity index (χ2n) is 6.15. The van der Waals surface area contributed by atoms with Gasteiger partial charge in [0.2, 0.25) is 5.95 Å². The van der Waals surface area contributed by atoms with Gasteiger partial charge in [-0.2, -0.15) is 10.1 Å². The van der Waals surface area contributed by atoms with Crippen LogP contribution in [0.25, 0.3) is 5.52 Å². The average Bonchev–Trinajstić information content (AvgIpc) is 3.28. The first kappa shape index (κ1) is 14.8. The first-order chi connectivity index (χ1) is 12.7. The van der Waals surface area contributed by atoms with Gasteiger partial charge < -0.3 is 15.6 Å². The van der Waals surface area contributed by atoms with E-state index in [9.17, 15) is 4.39 Å². The maximum absolute atomic E-state index is 14.1. The summed E-state index contributed by atoms with van der Waals surface area (Å²) in [5.41, 5.74) is 8.80. The zero-order valence-electron chi connectivity index (χ0n) is 13.7. The third-order valence-electron chi connectivity index (χ3n) is 4.60. The second-order valence-corrected chi connectivity index (χ2v) is 6.15. The van der Waals surface area contributed by atoms with Crippen LogP contribution in [0, 0.1) is 5.82 Å². The Morgan fingerprint density at radius 3 is 3.04 bits per heavy atom. The number of nitrogen functional groups attached to an aromatic ring is 1. The van der Waals surface area contributed by atoms with Gasteiger partial charge in [-0.15, -0.1) is 0 Å². The van der Waals surface area contributed by atoms with Crippen molar-refractivity contribution >= 4 is 17.3 Å². The fourth-order valence-corrected chi connectivity index (χ4v) is 3.43. The van der Waals surface area contributed by atoms with E-state index in [2.05, 4.69) is 25.0 Å². The van der Waals surface area contributed by atoms with E-state index in [0.717, 1.165) is 17.8 Å². The lowest BCUT2D eigenvalue weighted by Crippen LogP contribution is -2.37. The Bertz CT molecular complexity index is 1100. The van der Waals surface area contributed by atoms with Crippen LogP contribution >= 0.6 is 0 Å². The molecule has 5 rings (SSSR count). The minimum absolute atomic E-state index is 0.323. The number of imidazole rings is 1. The number of fused-ring (bicyclic) bond motifs is 2. The molecule has 0 aliphatic carbocycles. The van der Waals surface area contributed by atoms with Crippen LogP contribution in [0.1, 0.15) is 23.1 Å². The number of nitrogens with one attached hydrogen (secondary N) is 1. The molecule has 5 heterocycles. The van der Waals surface area contributed by atoms with Crippen molar-refractivity contribution < 1.29 is 4.39 Å². The zero-order valence-corrected chi connectivity index (χ0v) is 13.7. The molecule has 9 heteroatoms. The molecule has 4 aromatic rings. The summed E-state index contributed by atoms with van der Waals surface area (Å²) < 4.78 is 15.7. The van der Waals surface area contributed by atoms with Crippen molar-refractivity contribution in [1.82, 2.24) is 29.5 Å². The number of hydrogen-bond acceptors (Lipinski definition) is 6. The molecule has 0 unspecified atom stereocenters. The quantitative estimate of drug-likeness (QED) is 0.571. The monoisotopic (exact) mass is 350 g/mol. The van der Waals surface area contributed by atoms with E-state index in [1.54, 1.807) is 36.9 Å². The Labute approximate surface area is 147 Å². The number of aromatic nitrogens is 6. The molecule has 0 saturated heterocycles. The maximum Gasteiger partial charge on any atom is 0.228 e. The molecule has 1 atom stereocenters. The molecule has 0 saturated carbocycles. The molecular formula is C17H15FN8. The number of anilines is 2. The van der Waals surface area contributed by atoms with E-state index in [1.165, 1.54) is 10.6 Å². The van der Waals surface area contributed by atoms with E-state index >= 15 is 0 Å². The lowest BCUT2D eigenvalue weighted by molar-refractivity contribution is 0.602. The van der Waals surface area contributed by atoms with Gasteiger partial charge in [-0.25, -0.2) is 18.9 Å². The van der Waals surface area contributed by atoms with Crippen LogP contribution in [0.4, 0.5) is 16.2 Å². The molecule has 4 aromatic heterocycles. The summed E-state index contributed by atoms with van der Waals surface area (Å²) >= 11 is 0. The van der Waals surface area contributed by atoms with Crippen LogP contribution < -0.4 is 10.6 Å². The second kappa shape index (κ2) is 5.51. The molecular weight excluding hydrogens is 335 g/mol. The lowest BCUT2D eigenvalue weighted by atomic mass is 10.00. The Hall–Kier alpha value is -3.49. The first-order valence-corrected chi connectivity index (χ1v) is 8.22. The van der Waals surface area contributed by atoms with Crippen LogP contribution in [0.2, 0.25) is 0 Å². The molecule has 8 nitrogen and oxygen atoms in total. The average molecular weight is 350 g/mol. The predicted octanol–water partition coefficient (Wildman–Crippen LogP) is 1.72. The number of pyridine rings is 1. The molecule has 0 spiro atoms. The van der Waals surface area contributed by atoms with Gasteiger partial charge in [0, 0.05) is 31.1 Å². The topological polar surface area (TPSA) is 101 Å². The van der Waals surface area contributed by atoms with Crippen molar-refractivity contribution in [2.24, 2.45) is 0 Å². The predicted molar refractivity (Wildman–Crippen MR) is 93.1 cm³/mol. The van der Waals surface area contributed by atoms with Crippen molar-refractivity contribution in [1.29, 1.82) is 0 Å². The van der Waals surface area contributed by atoms with E-state index in [4.69, 9.17) is 5.73 Å². The molecule has 130 valence electrons. The molecule has 0 bridgehead atoms. The number of nitrogens with zero attached hydrogens (tertiary/aromatic N) is 6. The standard InChI is InChI=1S/C17H15FN8/c18-10-2-1-6-26-13(10)8-12(24-26)16-15-11(21-9-22-15)4-7-25(16)17-20-5-3-14(19)23-17/h1-3,5-6,8-9,16H,4,7H2,(H,21,22)(H2,19,20,23)/t16-/m0/s1. The van der Waals surface area contributed by atoms with Crippen molar-refractivity contribution in [2.75, 3.05) is 17.2 Å². The third kappa shape index (κ3) is 2.20. The molecule has 1 aliphatic rings. The van der Waals surface area contributed by atoms with Crippen molar-refractivity contribution in [3.8, 4) is 0 Å². The van der Waals surface area contributed by atoms with E-state index < -0.39 is 0 Å². The van der Waals surface area contributed by atoms with Crippen LogP contribution in [-0.2, 0) is 6.42 Å².